The number of aromatic carboxylic acids is 1. The van der Waals surface area contributed by atoms with Crippen LogP contribution in [-0.4, -0.2) is 52.7 Å². The van der Waals surface area contributed by atoms with E-state index in [0.717, 1.165) is 6.42 Å². The van der Waals surface area contributed by atoms with Crippen LogP contribution in [0.5, 0.6) is 0 Å². The third-order valence-electron chi connectivity index (χ3n) is 3.42. The first-order valence-corrected chi connectivity index (χ1v) is 6.64. The van der Waals surface area contributed by atoms with Gasteiger partial charge in [-0.15, -0.1) is 0 Å². The Bertz CT molecular complexity index is 530. The molecule has 1 aliphatic heterocycles. The van der Waals surface area contributed by atoms with Gasteiger partial charge in [0.15, 0.2) is 0 Å². The smallest absolute Gasteiger partial charge is 0.337 e. The Balaban J connectivity index is 2.17. The van der Waals surface area contributed by atoms with Crippen LogP contribution in [0.25, 0.3) is 0 Å². The van der Waals surface area contributed by atoms with Crippen molar-refractivity contribution in [1.82, 2.24) is 9.88 Å². The third kappa shape index (κ3) is 2.96. The number of carboxylic acid groups (broad SMARTS) is 1. The molecule has 1 fully saturated rings. The standard InChI is InChI=1S/C14H18N2O4/c1-3-10-8-16(6-7-20-10)13(17)12-5-4-11(14(18)19)9(2)15-12/h4-5,10H,3,6-8H2,1-2H3,(H,18,19). The minimum Gasteiger partial charge on any atom is -0.478 e. The Labute approximate surface area is 117 Å². The zero-order chi connectivity index (χ0) is 14.7. The molecule has 1 unspecified atom stereocenters. The summed E-state index contributed by atoms with van der Waals surface area (Å²) in [4.78, 5) is 29.1. The molecule has 6 nitrogen and oxygen atoms in total. The van der Waals surface area contributed by atoms with Gasteiger partial charge in [0, 0.05) is 13.1 Å². The van der Waals surface area contributed by atoms with Gasteiger partial charge in [-0.2, -0.15) is 0 Å². The van der Waals surface area contributed by atoms with Crippen LogP contribution >= 0.6 is 0 Å². The van der Waals surface area contributed by atoms with Crippen molar-refractivity contribution >= 4 is 11.9 Å². The number of hydrogen-bond donors (Lipinski definition) is 1. The molecule has 1 saturated heterocycles. The molecule has 6 heteroatoms. The fraction of sp³-hybridized carbons (Fsp3) is 0.500. The van der Waals surface area contributed by atoms with Crippen molar-refractivity contribution in [2.24, 2.45) is 0 Å². The molecule has 1 atom stereocenters. The molecular weight excluding hydrogens is 260 g/mol. The van der Waals surface area contributed by atoms with Gasteiger partial charge in [-0.1, -0.05) is 6.92 Å². The Morgan fingerprint density at radius 3 is 2.85 bits per heavy atom. The molecule has 2 rings (SSSR count). The van der Waals surface area contributed by atoms with Gasteiger partial charge in [-0.25, -0.2) is 9.78 Å². The summed E-state index contributed by atoms with van der Waals surface area (Å²) < 4.78 is 5.53. The maximum Gasteiger partial charge on any atom is 0.337 e. The number of carboxylic acids is 1. The second-order valence-electron chi connectivity index (χ2n) is 4.79. The van der Waals surface area contributed by atoms with Crippen LogP contribution < -0.4 is 0 Å². The van der Waals surface area contributed by atoms with Crippen molar-refractivity contribution in [3.05, 3.63) is 29.1 Å². The van der Waals surface area contributed by atoms with E-state index in [1.54, 1.807) is 11.8 Å². The molecule has 1 amide bonds. The lowest BCUT2D eigenvalue weighted by Crippen LogP contribution is -2.45. The van der Waals surface area contributed by atoms with E-state index >= 15 is 0 Å². The molecule has 20 heavy (non-hydrogen) atoms. The molecule has 0 saturated carbocycles. The molecule has 1 N–H and O–H groups in total. The van der Waals surface area contributed by atoms with Gasteiger partial charge < -0.3 is 14.7 Å². The van der Waals surface area contributed by atoms with E-state index in [1.165, 1.54) is 12.1 Å². The highest BCUT2D eigenvalue weighted by molar-refractivity contribution is 5.94. The summed E-state index contributed by atoms with van der Waals surface area (Å²) in [5, 5.41) is 8.96. The maximum atomic E-state index is 12.4. The van der Waals surface area contributed by atoms with E-state index in [1.807, 2.05) is 6.92 Å². The molecule has 0 radical (unpaired) electrons. The largest absolute Gasteiger partial charge is 0.478 e. The summed E-state index contributed by atoms with van der Waals surface area (Å²) in [7, 11) is 0. The van der Waals surface area contributed by atoms with Crippen LogP contribution in [-0.2, 0) is 4.74 Å². The van der Waals surface area contributed by atoms with Crippen molar-refractivity contribution in [2.45, 2.75) is 26.4 Å². The third-order valence-corrected chi connectivity index (χ3v) is 3.42. The fourth-order valence-electron chi connectivity index (χ4n) is 2.22. The molecule has 2 heterocycles. The molecule has 1 aromatic rings. The average Bonchev–Trinajstić information content (AvgIpc) is 2.46. The summed E-state index contributed by atoms with van der Waals surface area (Å²) in [6.45, 7) is 5.22. The van der Waals surface area contributed by atoms with Crippen LogP contribution in [0.15, 0.2) is 12.1 Å². The predicted octanol–water partition coefficient (Wildman–Crippen LogP) is 1.34. The number of carbonyl (C=O) groups excluding carboxylic acids is 1. The van der Waals surface area contributed by atoms with Crippen LogP contribution in [0.3, 0.4) is 0 Å². The van der Waals surface area contributed by atoms with E-state index in [-0.39, 0.29) is 23.3 Å². The molecule has 1 aliphatic rings. The first-order valence-electron chi connectivity index (χ1n) is 6.64. The van der Waals surface area contributed by atoms with Crippen molar-refractivity contribution in [2.75, 3.05) is 19.7 Å². The maximum absolute atomic E-state index is 12.4. The number of ether oxygens (including phenoxy) is 1. The number of nitrogens with zero attached hydrogens (tertiary/aromatic N) is 2. The fourth-order valence-corrected chi connectivity index (χ4v) is 2.22. The van der Waals surface area contributed by atoms with Crippen molar-refractivity contribution in [3.63, 3.8) is 0 Å². The Morgan fingerprint density at radius 2 is 2.25 bits per heavy atom. The van der Waals surface area contributed by atoms with Gasteiger partial charge in [0.05, 0.1) is 24.0 Å². The molecular formula is C14H18N2O4. The number of hydrogen-bond acceptors (Lipinski definition) is 4. The van der Waals surface area contributed by atoms with Crippen LogP contribution in [0.4, 0.5) is 0 Å². The van der Waals surface area contributed by atoms with Crippen LogP contribution in [0.1, 0.15) is 39.9 Å². The molecule has 108 valence electrons. The lowest BCUT2D eigenvalue weighted by Gasteiger charge is -2.32. The summed E-state index contributed by atoms with van der Waals surface area (Å²) in [6.07, 6.45) is 0.917. The second-order valence-corrected chi connectivity index (χ2v) is 4.79. The predicted molar refractivity (Wildman–Crippen MR) is 71.9 cm³/mol. The minimum absolute atomic E-state index is 0.0621. The summed E-state index contributed by atoms with van der Waals surface area (Å²) in [5.41, 5.74) is 0.753. The zero-order valence-electron chi connectivity index (χ0n) is 11.6. The number of aryl methyl sites for hydroxylation is 1. The van der Waals surface area contributed by atoms with Crippen LogP contribution in [0, 0.1) is 6.92 Å². The van der Waals surface area contributed by atoms with Crippen molar-refractivity contribution in [1.29, 1.82) is 0 Å². The lowest BCUT2D eigenvalue weighted by atomic mass is 10.1. The van der Waals surface area contributed by atoms with Crippen molar-refractivity contribution in [3.8, 4) is 0 Å². The molecule has 0 aliphatic carbocycles. The molecule has 0 spiro atoms. The minimum atomic E-state index is -1.04. The van der Waals surface area contributed by atoms with Gasteiger partial charge in [-0.3, -0.25) is 4.79 Å². The van der Waals surface area contributed by atoms with Gasteiger partial charge in [0.2, 0.25) is 0 Å². The van der Waals surface area contributed by atoms with Gasteiger partial charge in [-0.05, 0) is 25.5 Å². The highest BCUT2D eigenvalue weighted by Crippen LogP contribution is 2.13. The number of morpholine rings is 1. The zero-order valence-corrected chi connectivity index (χ0v) is 11.6. The highest BCUT2D eigenvalue weighted by Gasteiger charge is 2.25. The average molecular weight is 278 g/mol. The van der Waals surface area contributed by atoms with Gasteiger partial charge >= 0.3 is 5.97 Å². The van der Waals surface area contributed by atoms with E-state index in [0.29, 0.717) is 25.4 Å². The van der Waals surface area contributed by atoms with Crippen LogP contribution in [0.2, 0.25) is 0 Å². The number of pyridine rings is 1. The molecule has 0 aromatic carbocycles. The number of aromatic nitrogens is 1. The van der Waals surface area contributed by atoms with E-state index in [2.05, 4.69) is 4.98 Å². The number of rotatable bonds is 3. The summed E-state index contributed by atoms with van der Waals surface area (Å²) in [6, 6.07) is 2.89. The van der Waals surface area contributed by atoms with E-state index in [9.17, 15) is 9.59 Å². The quantitative estimate of drug-likeness (QED) is 0.902. The monoisotopic (exact) mass is 278 g/mol. The number of amides is 1. The Kier molecular flexibility index (Phi) is 4.34. The van der Waals surface area contributed by atoms with E-state index < -0.39 is 5.97 Å². The molecule has 0 bridgehead atoms. The summed E-state index contributed by atoms with van der Waals surface area (Å²) >= 11 is 0. The van der Waals surface area contributed by atoms with Gasteiger partial charge in [0.1, 0.15) is 5.69 Å². The van der Waals surface area contributed by atoms with E-state index in [4.69, 9.17) is 9.84 Å². The normalized spacial score (nSPS) is 18.9. The number of carbonyl (C=O) groups is 2. The molecule has 1 aromatic heterocycles. The Morgan fingerprint density at radius 1 is 1.50 bits per heavy atom. The first kappa shape index (κ1) is 14.5. The van der Waals surface area contributed by atoms with Gasteiger partial charge in [0.25, 0.3) is 5.91 Å². The second kappa shape index (κ2) is 6.00. The SMILES string of the molecule is CCC1CN(C(=O)c2ccc(C(=O)O)c(C)n2)CCO1. The lowest BCUT2D eigenvalue weighted by molar-refractivity contribution is -0.0228. The van der Waals surface area contributed by atoms with Crippen molar-refractivity contribution < 1.29 is 19.4 Å². The first-order chi connectivity index (χ1) is 9.52. The topological polar surface area (TPSA) is 79.7 Å². The Hall–Kier alpha value is -1.95. The summed E-state index contributed by atoms with van der Waals surface area (Å²) in [5.74, 6) is -1.21. The highest BCUT2D eigenvalue weighted by atomic mass is 16.5.